The number of anilines is 1. The first-order valence-electron chi connectivity index (χ1n) is 6.12. The average Bonchev–Trinajstić information content (AvgIpc) is 2.65. The molecule has 0 saturated heterocycles. The lowest BCUT2D eigenvalue weighted by Crippen LogP contribution is -2.04. The number of fused-ring (bicyclic) bond motifs is 1. The molecule has 2 rings (SSSR count). The molecule has 1 heterocycles. The third kappa shape index (κ3) is 2.79. The molecule has 1 aromatic heterocycles. The van der Waals surface area contributed by atoms with E-state index in [2.05, 4.69) is 4.98 Å². The summed E-state index contributed by atoms with van der Waals surface area (Å²) in [6.45, 7) is 1.53. The van der Waals surface area contributed by atoms with E-state index < -0.39 is 0 Å². The van der Waals surface area contributed by atoms with Crippen molar-refractivity contribution in [1.82, 2.24) is 9.55 Å². The maximum absolute atomic E-state index is 13.2. The van der Waals surface area contributed by atoms with E-state index in [1.54, 1.807) is 13.2 Å². The minimum atomic E-state index is -0.261. The van der Waals surface area contributed by atoms with Gasteiger partial charge in [-0.25, -0.2) is 9.37 Å². The summed E-state index contributed by atoms with van der Waals surface area (Å²) in [5.74, 6) is 0.186. The number of hydrogen-bond acceptors (Lipinski definition) is 3. The van der Waals surface area contributed by atoms with Crippen LogP contribution in [0.25, 0.3) is 11.0 Å². The summed E-state index contributed by atoms with van der Waals surface area (Å²) in [5, 5.41) is 0. The van der Waals surface area contributed by atoms with Crippen molar-refractivity contribution in [2.75, 3.05) is 19.5 Å². The number of nitrogen functional groups attached to an aromatic ring is 1. The molecule has 0 atom stereocenters. The molecule has 0 saturated carbocycles. The van der Waals surface area contributed by atoms with Crippen molar-refractivity contribution >= 4 is 17.0 Å². The Morgan fingerprint density at radius 3 is 2.94 bits per heavy atom. The zero-order valence-electron chi connectivity index (χ0n) is 10.5. The van der Waals surface area contributed by atoms with Crippen LogP contribution in [0, 0.1) is 5.82 Å². The summed E-state index contributed by atoms with van der Waals surface area (Å²) in [4.78, 5) is 4.22. The summed E-state index contributed by atoms with van der Waals surface area (Å²) in [6, 6.07) is 4.54. The number of aromatic nitrogens is 2. The van der Waals surface area contributed by atoms with Gasteiger partial charge in [0.15, 0.2) is 0 Å². The fraction of sp³-hybridized carbons (Fsp3) is 0.462. The second-order valence-corrected chi connectivity index (χ2v) is 4.31. The first-order chi connectivity index (χ1) is 8.72. The Morgan fingerprint density at radius 2 is 2.17 bits per heavy atom. The molecule has 0 aliphatic rings. The highest BCUT2D eigenvalue weighted by Crippen LogP contribution is 2.19. The minimum absolute atomic E-state index is 0.261. The predicted octanol–water partition coefficient (Wildman–Crippen LogP) is 2.57. The van der Waals surface area contributed by atoms with E-state index in [1.165, 1.54) is 12.1 Å². The Labute approximate surface area is 106 Å². The van der Waals surface area contributed by atoms with Gasteiger partial charge in [0.1, 0.15) is 5.82 Å². The maximum Gasteiger partial charge on any atom is 0.201 e. The number of nitrogens with zero attached hydrogens (tertiary/aromatic N) is 2. The van der Waals surface area contributed by atoms with Crippen LogP contribution in [0.2, 0.25) is 0 Å². The highest BCUT2D eigenvalue weighted by molar-refractivity contribution is 5.78. The molecular weight excluding hydrogens is 233 g/mol. The standard InChI is InChI=1S/C13H18FN3O/c1-18-8-4-2-3-7-17-12-9-10(14)5-6-11(12)16-13(17)15/h5-6,9H,2-4,7-8H2,1H3,(H2,15,16). The zero-order chi connectivity index (χ0) is 13.0. The van der Waals surface area contributed by atoms with Crippen LogP contribution in [0.4, 0.5) is 10.3 Å². The van der Waals surface area contributed by atoms with Gasteiger partial charge in [-0.3, -0.25) is 0 Å². The predicted molar refractivity (Wildman–Crippen MR) is 69.8 cm³/mol. The van der Waals surface area contributed by atoms with E-state index in [4.69, 9.17) is 10.5 Å². The first kappa shape index (κ1) is 12.8. The van der Waals surface area contributed by atoms with Gasteiger partial charge in [-0.05, 0) is 37.5 Å². The van der Waals surface area contributed by atoms with Crippen molar-refractivity contribution < 1.29 is 9.13 Å². The lowest BCUT2D eigenvalue weighted by Gasteiger charge is -2.06. The molecule has 0 spiro atoms. The summed E-state index contributed by atoms with van der Waals surface area (Å²) in [7, 11) is 1.70. The monoisotopic (exact) mass is 251 g/mol. The normalized spacial score (nSPS) is 11.2. The number of halogens is 1. The van der Waals surface area contributed by atoms with Crippen LogP contribution in [0.3, 0.4) is 0 Å². The molecule has 0 radical (unpaired) electrons. The third-order valence-corrected chi connectivity index (χ3v) is 2.97. The lowest BCUT2D eigenvalue weighted by molar-refractivity contribution is 0.191. The van der Waals surface area contributed by atoms with Crippen molar-refractivity contribution in [2.45, 2.75) is 25.8 Å². The molecule has 0 aliphatic carbocycles. The highest BCUT2D eigenvalue weighted by Gasteiger charge is 2.08. The number of nitrogens with two attached hydrogens (primary N) is 1. The van der Waals surface area contributed by atoms with Crippen LogP contribution in [-0.2, 0) is 11.3 Å². The molecule has 18 heavy (non-hydrogen) atoms. The average molecular weight is 251 g/mol. The zero-order valence-corrected chi connectivity index (χ0v) is 10.5. The van der Waals surface area contributed by atoms with E-state index in [0.717, 1.165) is 43.4 Å². The smallest absolute Gasteiger partial charge is 0.201 e. The summed E-state index contributed by atoms with van der Waals surface area (Å²) < 4.78 is 20.1. The largest absolute Gasteiger partial charge is 0.385 e. The Hall–Kier alpha value is -1.62. The van der Waals surface area contributed by atoms with E-state index in [1.807, 2.05) is 4.57 Å². The Morgan fingerprint density at radius 1 is 1.33 bits per heavy atom. The van der Waals surface area contributed by atoms with Gasteiger partial charge < -0.3 is 15.0 Å². The van der Waals surface area contributed by atoms with Crippen molar-refractivity contribution in [3.05, 3.63) is 24.0 Å². The molecule has 5 heteroatoms. The fourth-order valence-electron chi connectivity index (χ4n) is 2.04. The second-order valence-electron chi connectivity index (χ2n) is 4.31. The molecule has 0 aliphatic heterocycles. The second kappa shape index (κ2) is 5.82. The molecule has 4 nitrogen and oxygen atoms in total. The molecule has 0 bridgehead atoms. The maximum atomic E-state index is 13.2. The van der Waals surface area contributed by atoms with Gasteiger partial charge in [0.25, 0.3) is 0 Å². The van der Waals surface area contributed by atoms with Gasteiger partial charge in [0.05, 0.1) is 11.0 Å². The third-order valence-electron chi connectivity index (χ3n) is 2.97. The van der Waals surface area contributed by atoms with Gasteiger partial charge >= 0.3 is 0 Å². The number of benzene rings is 1. The molecular formula is C13H18FN3O. The summed E-state index contributed by atoms with van der Waals surface area (Å²) in [5.41, 5.74) is 7.35. The number of unbranched alkanes of at least 4 members (excludes halogenated alkanes) is 2. The Balaban J connectivity index is 2.07. The highest BCUT2D eigenvalue weighted by atomic mass is 19.1. The van der Waals surface area contributed by atoms with Crippen molar-refractivity contribution in [3.63, 3.8) is 0 Å². The van der Waals surface area contributed by atoms with Gasteiger partial charge in [-0.2, -0.15) is 0 Å². The molecule has 98 valence electrons. The van der Waals surface area contributed by atoms with Crippen LogP contribution in [0.15, 0.2) is 18.2 Å². The van der Waals surface area contributed by atoms with Crippen molar-refractivity contribution in [1.29, 1.82) is 0 Å². The number of imidazole rings is 1. The molecule has 2 N–H and O–H groups in total. The Kier molecular flexibility index (Phi) is 4.15. The topological polar surface area (TPSA) is 53.1 Å². The van der Waals surface area contributed by atoms with Crippen LogP contribution < -0.4 is 5.73 Å². The minimum Gasteiger partial charge on any atom is -0.385 e. The van der Waals surface area contributed by atoms with E-state index in [9.17, 15) is 4.39 Å². The van der Waals surface area contributed by atoms with E-state index in [0.29, 0.717) is 5.95 Å². The number of methoxy groups -OCH3 is 1. The first-order valence-corrected chi connectivity index (χ1v) is 6.12. The fourth-order valence-corrected chi connectivity index (χ4v) is 2.04. The SMILES string of the molecule is COCCCCCn1c(N)nc2ccc(F)cc21. The van der Waals surface area contributed by atoms with Crippen LogP contribution in [0.5, 0.6) is 0 Å². The van der Waals surface area contributed by atoms with Crippen molar-refractivity contribution in [3.8, 4) is 0 Å². The molecule has 1 aromatic carbocycles. The number of rotatable bonds is 6. The molecule has 2 aromatic rings. The molecule has 0 amide bonds. The van der Waals surface area contributed by atoms with E-state index >= 15 is 0 Å². The van der Waals surface area contributed by atoms with Crippen molar-refractivity contribution in [2.24, 2.45) is 0 Å². The van der Waals surface area contributed by atoms with Crippen LogP contribution >= 0.6 is 0 Å². The molecule has 0 unspecified atom stereocenters. The summed E-state index contributed by atoms with van der Waals surface area (Å²) in [6.07, 6.45) is 3.06. The molecule has 0 fully saturated rings. The van der Waals surface area contributed by atoms with E-state index in [-0.39, 0.29) is 5.82 Å². The number of hydrogen-bond donors (Lipinski definition) is 1. The van der Waals surface area contributed by atoms with Gasteiger partial charge in [-0.1, -0.05) is 0 Å². The van der Waals surface area contributed by atoms with Gasteiger partial charge in [0, 0.05) is 20.3 Å². The van der Waals surface area contributed by atoms with Gasteiger partial charge in [-0.15, -0.1) is 0 Å². The number of ether oxygens (including phenoxy) is 1. The number of aryl methyl sites for hydroxylation is 1. The Bertz CT molecular complexity index is 524. The summed E-state index contributed by atoms with van der Waals surface area (Å²) >= 11 is 0. The quantitative estimate of drug-likeness (QED) is 0.803. The van der Waals surface area contributed by atoms with Gasteiger partial charge in [0.2, 0.25) is 5.95 Å². The van der Waals surface area contributed by atoms with Crippen LogP contribution in [-0.4, -0.2) is 23.3 Å². The lowest BCUT2D eigenvalue weighted by atomic mass is 10.2. The van der Waals surface area contributed by atoms with Crippen LogP contribution in [0.1, 0.15) is 19.3 Å².